The first-order valence-corrected chi connectivity index (χ1v) is 10.0. The summed E-state index contributed by atoms with van der Waals surface area (Å²) in [5, 5.41) is 9.92. The minimum absolute atomic E-state index is 0.499. The molecule has 3 aromatic rings. The van der Waals surface area contributed by atoms with Gasteiger partial charge in [0.05, 0.1) is 29.4 Å². The molecule has 0 saturated carbocycles. The zero-order valence-corrected chi connectivity index (χ0v) is 18.8. The Labute approximate surface area is 177 Å². The molecule has 0 N–H and O–H groups in total. The Kier molecular flexibility index (Phi) is 4.53. The van der Waals surface area contributed by atoms with E-state index in [-0.39, 0.29) is 0 Å². The minimum atomic E-state index is -0.651. The first kappa shape index (κ1) is 20.5. The van der Waals surface area contributed by atoms with E-state index >= 15 is 0 Å². The highest BCUT2D eigenvalue weighted by molar-refractivity contribution is 6.63. The van der Waals surface area contributed by atoms with Gasteiger partial charge in [-0.3, -0.25) is 4.57 Å². The van der Waals surface area contributed by atoms with Gasteiger partial charge in [-0.25, -0.2) is 4.98 Å². The molecule has 0 unspecified atom stereocenters. The van der Waals surface area contributed by atoms with Crippen molar-refractivity contribution in [2.24, 2.45) is 7.05 Å². The van der Waals surface area contributed by atoms with E-state index in [4.69, 9.17) is 19.0 Å². The predicted molar refractivity (Wildman–Crippen MR) is 116 cm³/mol. The molecule has 0 bridgehead atoms. The van der Waals surface area contributed by atoms with Crippen LogP contribution >= 0.6 is 0 Å². The van der Waals surface area contributed by atoms with Crippen LogP contribution < -0.4 is 10.2 Å². The van der Waals surface area contributed by atoms with Crippen LogP contribution in [0.1, 0.15) is 44.6 Å². The Morgan fingerprint density at radius 3 is 2.17 bits per heavy atom. The fourth-order valence-corrected chi connectivity index (χ4v) is 4.01. The van der Waals surface area contributed by atoms with Gasteiger partial charge in [0.15, 0.2) is 0 Å². The van der Waals surface area contributed by atoms with Crippen molar-refractivity contribution in [1.82, 2.24) is 14.1 Å². The van der Waals surface area contributed by atoms with Gasteiger partial charge >= 0.3 is 7.12 Å². The van der Waals surface area contributed by atoms with Crippen molar-refractivity contribution in [3.63, 3.8) is 0 Å². The zero-order valence-electron chi connectivity index (χ0n) is 18.8. The molecule has 1 aliphatic heterocycles. The molecule has 30 heavy (non-hydrogen) atoms. The lowest BCUT2D eigenvalue weighted by Crippen LogP contribution is -2.41. The molecule has 0 spiro atoms. The van der Waals surface area contributed by atoms with Crippen LogP contribution in [0, 0.1) is 25.2 Å². The molecular weight excluding hydrogens is 379 g/mol. The van der Waals surface area contributed by atoms with E-state index < -0.39 is 18.3 Å². The van der Waals surface area contributed by atoms with Crippen LogP contribution in [0.3, 0.4) is 0 Å². The van der Waals surface area contributed by atoms with E-state index in [9.17, 15) is 5.26 Å². The lowest BCUT2D eigenvalue weighted by Gasteiger charge is -2.32. The van der Waals surface area contributed by atoms with Gasteiger partial charge in [-0.2, -0.15) is 5.26 Å². The van der Waals surface area contributed by atoms with Gasteiger partial charge in [-0.1, -0.05) is 0 Å². The highest BCUT2D eigenvalue weighted by Crippen LogP contribution is 2.38. The number of rotatable bonds is 3. The summed E-state index contributed by atoms with van der Waals surface area (Å²) in [5.41, 5.74) is 3.63. The summed E-state index contributed by atoms with van der Waals surface area (Å²) in [6.07, 6.45) is 0. The molecule has 0 aliphatic carbocycles. The van der Waals surface area contributed by atoms with Crippen LogP contribution in [-0.4, -0.2) is 39.5 Å². The van der Waals surface area contributed by atoms with Crippen molar-refractivity contribution in [2.75, 3.05) is 7.11 Å². The van der Waals surface area contributed by atoms with Gasteiger partial charge < -0.3 is 18.6 Å². The smallest absolute Gasteiger partial charge is 0.495 e. The maximum Gasteiger partial charge on any atom is 0.498 e. The van der Waals surface area contributed by atoms with Gasteiger partial charge in [-0.05, 0) is 59.7 Å². The van der Waals surface area contributed by atoms with Gasteiger partial charge in [0.1, 0.15) is 17.3 Å². The quantitative estimate of drug-likeness (QED) is 0.625. The summed E-state index contributed by atoms with van der Waals surface area (Å²) in [4.78, 5) is 4.90. The topological polar surface area (TPSA) is 74.2 Å². The standard InChI is InChI=1S/C22H27BN4O3/c1-13-9-10-14(2)27(13)20-25-17-18(26(20)7)15(12-24)11-16(19(17)28-8)23-29-21(3,4)22(5,6)30-23/h9-11H,1-8H3. The van der Waals surface area contributed by atoms with Crippen LogP contribution in [0.25, 0.3) is 17.0 Å². The Balaban J connectivity index is 1.99. The number of aryl methyl sites for hydroxylation is 3. The lowest BCUT2D eigenvalue weighted by atomic mass is 9.77. The first-order valence-electron chi connectivity index (χ1n) is 10.0. The SMILES string of the molecule is COc1c(B2OC(C)(C)C(C)(C)O2)cc(C#N)c2c1nc(-n1c(C)ccc1C)n2C. The summed E-state index contributed by atoms with van der Waals surface area (Å²) in [7, 11) is 2.87. The number of imidazole rings is 1. The van der Waals surface area contributed by atoms with E-state index in [0.29, 0.717) is 22.3 Å². The number of hydrogen-bond acceptors (Lipinski definition) is 5. The molecule has 0 radical (unpaired) electrons. The van der Waals surface area contributed by atoms with E-state index in [1.54, 1.807) is 13.2 Å². The number of methoxy groups -OCH3 is 1. The molecule has 4 rings (SSSR count). The number of nitrogens with zero attached hydrogens (tertiary/aromatic N) is 4. The number of aromatic nitrogens is 3. The van der Waals surface area contributed by atoms with Crippen LogP contribution in [0.5, 0.6) is 5.75 Å². The van der Waals surface area contributed by atoms with Crippen LogP contribution in [0.4, 0.5) is 0 Å². The molecule has 1 saturated heterocycles. The Morgan fingerprint density at radius 2 is 1.67 bits per heavy atom. The largest absolute Gasteiger partial charge is 0.498 e. The van der Waals surface area contributed by atoms with E-state index in [2.05, 4.69) is 10.6 Å². The van der Waals surface area contributed by atoms with Gasteiger partial charge in [0.25, 0.3) is 0 Å². The summed E-state index contributed by atoms with van der Waals surface area (Å²) >= 11 is 0. The van der Waals surface area contributed by atoms with Gasteiger partial charge in [-0.15, -0.1) is 0 Å². The molecule has 1 aliphatic rings. The fourth-order valence-electron chi connectivity index (χ4n) is 4.01. The lowest BCUT2D eigenvalue weighted by molar-refractivity contribution is 0.00578. The molecule has 2 aromatic heterocycles. The average Bonchev–Trinajstić information content (AvgIpc) is 3.25. The predicted octanol–water partition coefficient (Wildman–Crippen LogP) is 3.16. The normalized spacial score (nSPS) is 17.5. The second kappa shape index (κ2) is 6.63. The van der Waals surface area contributed by atoms with Gasteiger partial charge in [0, 0.05) is 23.9 Å². The van der Waals surface area contributed by atoms with Crippen molar-refractivity contribution in [3.8, 4) is 17.8 Å². The number of fused-ring (bicyclic) bond motifs is 1. The zero-order chi connectivity index (χ0) is 22.0. The Bertz CT molecular complexity index is 1160. The summed E-state index contributed by atoms with van der Waals surface area (Å²) < 4.78 is 22.3. The molecular formula is C22H27BN4O3. The molecule has 3 heterocycles. The average molecular weight is 406 g/mol. The summed E-state index contributed by atoms with van der Waals surface area (Å²) in [6.45, 7) is 12.1. The fraction of sp³-hybridized carbons (Fsp3) is 0.455. The van der Waals surface area contributed by atoms with Crippen LogP contribution in [0.2, 0.25) is 0 Å². The van der Waals surface area contributed by atoms with Crippen molar-refractivity contribution in [3.05, 3.63) is 35.2 Å². The molecule has 0 atom stereocenters. The van der Waals surface area contributed by atoms with E-state index in [1.165, 1.54) is 0 Å². The second-order valence-corrected chi connectivity index (χ2v) is 8.87. The molecule has 1 fully saturated rings. The monoisotopic (exact) mass is 406 g/mol. The molecule has 8 heteroatoms. The molecule has 1 aromatic carbocycles. The highest BCUT2D eigenvalue weighted by Gasteiger charge is 2.53. The Hall–Kier alpha value is -2.76. The molecule has 0 amide bonds. The maximum absolute atomic E-state index is 9.92. The van der Waals surface area contributed by atoms with Gasteiger partial charge in [0.2, 0.25) is 5.95 Å². The molecule has 7 nitrogen and oxygen atoms in total. The molecule has 156 valence electrons. The number of hydrogen-bond donors (Lipinski definition) is 0. The maximum atomic E-state index is 9.92. The number of ether oxygens (including phenoxy) is 1. The van der Waals surface area contributed by atoms with Crippen LogP contribution in [-0.2, 0) is 16.4 Å². The third kappa shape index (κ3) is 2.77. The Morgan fingerprint density at radius 1 is 1.10 bits per heavy atom. The summed E-state index contributed by atoms with van der Waals surface area (Å²) in [6, 6.07) is 8.21. The number of nitriles is 1. The van der Waals surface area contributed by atoms with Crippen LogP contribution in [0.15, 0.2) is 18.2 Å². The highest BCUT2D eigenvalue weighted by atomic mass is 16.7. The van der Waals surface area contributed by atoms with Crippen molar-refractivity contribution in [1.29, 1.82) is 5.26 Å². The summed E-state index contributed by atoms with van der Waals surface area (Å²) in [5.74, 6) is 1.29. The second-order valence-electron chi connectivity index (χ2n) is 8.87. The number of benzene rings is 1. The van der Waals surface area contributed by atoms with E-state index in [1.807, 2.05) is 65.3 Å². The third-order valence-corrected chi connectivity index (χ3v) is 6.41. The minimum Gasteiger partial charge on any atom is -0.495 e. The first-order chi connectivity index (χ1) is 14.0. The van der Waals surface area contributed by atoms with E-state index in [0.717, 1.165) is 22.9 Å². The van der Waals surface area contributed by atoms with Crippen molar-refractivity contribution >= 4 is 23.6 Å². The van der Waals surface area contributed by atoms with Crippen molar-refractivity contribution in [2.45, 2.75) is 52.7 Å². The van der Waals surface area contributed by atoms with Crippen molar-refractivity contribution < 1.29 is 14.0 Å². The third-order valence-electron chi connectivity index (χ3n) is 6.41.